The van der Waals surface area contributed by atoms with E-state index >= 15 is 0 Å². The monoisotopic (exact) mass is 393 g/mol. The summed E-state index contributed by atoms with van der Waals surface area (Å²) < 4.78 is 14.8. The molecule has 148 valence electrons. The second-order valence-corrected chi connectivity index (χ2v) is 6.63. The molecule has 3 amide bonds. The molecule has 0 aliphatic carbocycles. The highest BCUT2D eigenvalue weighted by Crippen LogP contribution is 2.23. The summed E-state index contributed by atoms with van der Waals surface area (Å²) >= 11 is 0. The van der Waals surface area contributed by atoms with Crippen molar-refractivity contribution in [3.8, 4) is 5.69 Å². The van der Waals surface area contributed by atoms with Crippen LogP contribution in [-0.2, 0) is 6.42 Å². The van der Waals surface area contributed by atoms with Crippen LogP contribution in [0.25, 0.3) is 5.69 Å². The number of anilines is 2. The molecule has 7 nitrogen and oxygen atoms in total. The molecule has 29 heavy (non-hydrogen) atoms. The maximum Gasteiger partial charge on any atom is 0.321 e. The maximum absolute atomic E-state index is 13.2. The Kier molecular flexibility index (Phi) is 4.99. The lowest BCUT2D eigenvalue weighted by molar-refractivity contribution is 0.102. The summed E-state index contributed by atoms with van der Waals surface area (Å²) in [5, 5.41) is 9.94. The number of aromatic nitrogens is 2. The first kappa shape index (κ1) is 18.7. The van der Waals surface area contributed by atoms with Gasteiger partial charge < -0.3 is 10.6 Å². The Bertz CT molecular complexity index is 1060. The normalized spacial score (nSPS) is 13.4. The molecule has 1 aliphatic heterocycles. The van der Waals surface area contributed by atoms with Crippen molar-refractivity contribution in [1.29, 1.82) is 0 Å². The fourth-order valence-electron chi connectivity index (χ4n) is 3.38. The van der Waals surface area contributed by atoms with E-state index in [1.807, 2.05) is 13.0 Å². The molecule has 0 bridgehead atoms. The number of nitrogens with zero attached hydrogens (tertiary/aromatic N) is 3. The van der Waals surface area contributed by atoms with Gasteiger partial charge in [0.15, 0.2) is 0 Å². The Morgan fingerprint density at radius 2 is 2.00 bits per heavy atom. The molecule has 0 saturated carbocycles. The molecule has 1 fully saturated rings. The third-order valence-corrected chi connectivity index (χ3v) is 4.79. The van der Waals surface area contributed by atoms with Gasteiger partial charge in [0.2, 0.25) is 0 Å². The second-order valence-electron chi connectivity index (χ2n) is 6.63. The van der Waals surface area contributed by atoms with Gasteiger partial charge in [-0.2, -0.15) is 5.10 Å². The van der Waals surface area contributed by atoms with Gasteiger partial charge in [0.25, 0.3) is 5.91 Å². The summed E-state index contributed by atoms with van der Waals surface area (Å²) in [7, 11) is 0. The number of benzene rings is 2. The Balaban J connectivity index is 1.58. The van der Waals surface area contributed by atoms with Crippen LogP contribution >= 0.6 is 0 Å². The molecule has 2 heterocycles. The molecular weight excluding hydrogens is 373 g/mol. The number of hydrogen-bond donors (Lipinski definition) is 2. The third-order valence-electron chi connectivity index (χ3n) is 4.79. The fraction of sp³-hybridized carbons (Fsp3) is 0.190. The van der Waals surface area contributed by atoms with Crippen molar-refractivity contribution in [2.24, 2.45) is 0 Å². The van der Waals surface area contributed by atoms with Crippen LogP contribution in [0.1, 0.15) is 23.0 Å². The molecule has 0 unspecified atom stereocenters. The largest absolute Gasteiger partial charge is 0.336 e. The fourth-order valence-corrected chi connectivity index (χ4v) is 3.38. The number of carbonyl (C=O) groups is 2. The molecule has 0 radical (unpaired) electrons. The smallest absolute Gasteiger partial charge is 0.321 e. The van der Waals surface area contributed by atoms with Gasteiger partial charge in [-0.25, -0.2) is 13.9 Å². The van der Waals surface area contributed by atoms with Crippen LogP contribution in [-0.4, -0.2) is 34.8 Å². The van der Waals surface area contributed by atoms with Crippen molar-refractivity contribution in [2.45, 2.75) is 13.3 Å². The summed E-state index contributed by atoms with van der Waals surface area (Å²) in [4.78, 5) is 26.4. The second kappa shape index (κ2) is 7.75. The van der Waals surface area contributed by atoms with Crippen molar-refractivity contribution in [3.63, 3.8) is 0 Å². The van der Waals surface area contributed by atoms with Crippen molar-refractivity contribution in [2.75, 3.05) is 23.3 Å². The summed E-state index contributed by atoms with van der Waals surface area (Å²) in [6, 6.07) is 12.9. The van der Waals surface area contributed by atoms with Crippen LogP contribution in [0.3, 0.4) is 0 Å². The summed E-state index contributed by atoms with van der Waals surface area (Å²) in [6.45, 7) is 3.11. The topological polar surface area (TPSA) is 79.3 Å². The minimum absolute atomic E-state index is 0.151. The van der Waals surface area contributed by atoms with Gasteiger partial charge in [0.1, 0.15) is 5.82 Å². The van der Waals surface area contributed by atoms with E-state index < -0.39 is 0 Å². The molecular formula is C21H20FN5O2. The average molecular weight is 393 g/mol. The molecule has 0 atom stereocenters. The standard InChI is InChI=1S/C21H20FN5O2/c1-2-19-18(13-24-27(19)16-8-6-14(22)7-9-16)20(28)25-15-4-3-5-17(12-15)26-11-10-23-21(26)29/h3-9,12-13H,2,10-11H2,1H3,(H,23,29)(H,25,28). The summed E-state index contributed by atoms with van der Waals surface area (Å²) in [6.07, 6.45) is 2.09. The van der Waals surface area contributed by atoms with Crippen LogP contribution in [0.15, 0.2) is 54.7 Å². The highest BCUT2D eigenvalue weighted by Gasteiger charge is 2.22. The van der Waals surface area contributed by atoms with Gasteiger partial charge in [-0.3, -0.25) is 9.69 Å². The highest BCUT2D eigenvalue weighted by molar-refractivity contribution is 6.05. The Labute approximate surface area is 167 Å². The van der Waals surface area contributed by atoms with E-state index in [0.29, 0.717) is 36.4 Å². The zero-order valence-electron chi connectivity index (χ0n) is 15.9. The first-order chi connectivity index (χ1) is 14.1. The van der Waals surface area contributed by atoms with E-state index in [2.05, 4.69) is 15.7 Å². The van der Waals surface area contributed by atoms with Crippen molar-refractivity contribution in [3.05, 3.63) is 71.8 Å². The van der Waals surface area contributed by atoms with Crippen LogP contribution in [0.5, 0.6) is 0 Å². The first-order valence-corrected chi connectivity index (χ1v) is 9.36. The van der Waals surface area contributed by atoms with Crippen LogP contribution in [0.4, 0.5) is 20.6 Å². The molecule has 2 aromatic carbocycles. The van der Waals surface area contributed by atoms with Crippen LogP contribution < -0.4 is 15.5 Å². The van der Waals surface area contributed by atoms with E-state index in [9.17, 15) is 14.0 Å². The molecule has 1 aliphatic rings. The van der Waals surface area contributed by atoms with E-state index in [1.54, 1.807) is 39.9 Å². The number of nitrogens with one attached hydrogen (secondary N) is 2. The SMILES string of the molecule is CCc1c(C(=O)Nc2cccc(N3CCNC3=O)c2)cnn1-c1ccc(F)cc1. The maximum atomic E-state index is 13.2. The lowest BCUT2D eigenvalue weighted by Crippen LogP contribution is -2.27. The van der Waals surface area contributed by atoms with E-state index in [0.717, 1.165) is 11.4 Å². The predicted molar refractivity (Wildman–Crippen MR) is 108 cm³/mol. The lowest BCUT2D eigenvalue weighted by atomic mass is 10.1. The predicted octanol–water partition coefficient (Wildman–Crippen LogP) is 3.36. The number of urea groups is 1. The lowest BCUT2D eigenvalue weighted by Gasteiger charge is -2.15. The van der Waals surface area contributed by atoms with Gasteiger partial charge in [-0.05, 0) is 48.9 Å². The molecule has 8 heteroatoms. The van der Waals surface area contributed by atoms with Gasteiger partial charge in [0, 0.05) is 24.5 Å². The van der Waals surface area contributed by atoms with Gasteiger partial charge >= 0.3 is 6.03 Å². The summed E-state index contributed by atoms with van der Waals surface area (Å²) in [5.41, 5.74) is 3.16. The zero-order chi connectivity index (χ0) is 20.4. The number of halogens is 1. The van der Waals surface area contributed by atoms with Crippen molar-refractivity contribution in [1.82, 2.24) is 15.1 Å². The summed E-state index contributed by atoms with van der Waals surface area (Å²) in [5.74, 6) is -0.623. The first-order valence-electron chi connectivity index (χ1n) is 9.36. The quantitative estimate of drug-likeness (QED) is 0.698. The average Bonchev–Trinajstić information content (AvgIpc) is 3.35. The van der Waals surface area contributed by atoms with Crippen LogP contribution in [0, 0.1) is 5.82 Å². The molecule has 4 rings (SSSR count). The molecule has 1 aromatic heterocycles. The molecule has 1 saturated heterocycles. The van der Waals surface area contributed by atoms with Gasteiger partial charge in [0.05, 0.1) is 23.1 Å². The van der Waals surface area contributed by atoms with Crippen molar-refractivity contribution < 1.29 is 14.0 Å². The molecule has 0 spiro atoms. The molecule has 3 aromatic rings. The Hall–Kier alpha value is -3.68. The zero-order valence-corrected chi connectivity index (χ0v) is 15.9. The number of amides is 3. The van der Waals surface area contributed by atoms with E-state index in [-0.39, 0.29) is 17.8 Å². The number of rotatable bonds is 5. The molecule has 2 N–H and O–H groups in total. The highest BCUT2D eigenvalue weighted by atomic mass is 19.1. The van der Waals surface area contributed by atoms with E-state index in [1.165, 1.54) is 18.3 Å². The number of carbonyl (C=O) groups excluding carboxylic acids is 2. The Morgan fingerprint density at radius 1 is 1.21 bits per heavy atom. The minimum atomic E-state index is -0.330. The Morgan fingerprint density at radius 3 is 2.69 bits per heavy atom. The van der Waals surface area contributed by atoms with Crippen LogP contribution in [0.2, 0.25) is 0 Å². The van der Waals surface area contributed by atoms with Crippen molar-refractivity contribution >= 4 is 23.3 Å². The number of hydrogen-bond acceptors (Lipinski definition) is 3. The van der Waals surface area contributed by atoms with E-state index in [4.69, 9.17) is 0 Å². The van der Waals surface area contributed by atoms with Gasteiger partial charge in [-0.15, -0.1) is 0 Å². The van der Waals surface area contributed by atoms with Gasteiger partial charge in [-0.1, -0.05) is 13.0 Å². The minimum Gasteiger partial charge on any atom is -0.336 e. The third kappa shape index (κ3) is 3.69.